The number of urea groups is 1. The van der Waals surface area contributed by atoms with Gasteiger partial charge in [0.2, 0.25) is 0 Å². The maximum absolute atomic E-state index is 13.1. The first kappa shape index (κ1) is 30.6. The summed E-state index contributed by atoms with van der Waals surface area (Å²) >= 11 is 13.0. The molecule has 3 N–H and O–H groups in total. The first-order valence-electron chi connectivity index (χ1n) is 12.7. The van der Waals surface area contributed by atoms with Crippen LogP contribution in [0.1, 0.15) is 26.5 Å². The van der Waals surface area contributed by atoms with Crippen molar-refractivity contribution < 1.29 is 23.8 Å². The van der Waals surface area contributed by atoms with Gasteiger partial charge in [0.25, 0.3) is 5.91 Å². The van der Waals surface area contributed by atoms with E-state index >= 15 is 0 Å². The van der Waals surface area contributed by atoms with Crippen LogP contribution in [0, 0.1) is 0 Å². The molecule has 0 atom stereocenters. The molecule has 42 heavy (non-hydrogen) atoms. The molecular formula is C29H30Cl2N6O5. The number of ether oxygens (including phenoxy) is 3. The number of hydrogen-bond donors (Lipinski definition) is 3. The number of methoxy groups -OCH3 is 2. The van der Waals surface area contributed by atoms with Crippen LogP contribution in [0.5, 0.6) is 17.2 Å². The molecule has 0 aliphatic rings. The fourth-order valence-electron chi connectivity index (χ4n) is 3.71. The van der Waals surface area contributed by atoms with Crippen LogP contribution < -0.4 is 25.4 Å². The fraction of sp³-hybridized carbons (Fsp3) is 0.241. The van der Waals surface area contributed by atoms with Gasteiger partial charge in [-0.15, -0.1) is 0 Å². The first-order chi connectivity index (χ1) is 20.0. The lowest BCUT2D eigenvalue weighted by Gasteiger charge is -2.14. The minimum absolute atomic E-state index is 0.0750. The van der Waals surface area contributed by atoms with Gasteiger partial charge in [-0.05, 0) is 42.5 Å². The van der Waals surface area contributed by atoms with Gasteiger partial charge in [-0.25, -0.2) is 14.5 Å². The summed E-state index contributed by atoms with van der Waals surface area (Å²) in [5.41, 5.74) is 1.53. The number of carbonyl (C=O) groups excluding carboxylic acids is 2. The van der Waals surface area contributed by atoms with Crippen molar-refractivity contribution in [1.82, 2.24) is 14.8 Å². The molecule has 0 spiro atoms. The molecule has 0 saturated carbocycles. The summed E-state index contributed by atoms with van der Waals surface area (Å²) in [5.74, 6) is 1.66. The van der Waals surface area contributed by atoms with Crippen LogP contribution in [0.2, 0.25) is 10.0 Å². The number of pyridine rings is 1. The Bertz CT molecular complexity index is 1580. The van der Waals surface area contributed by atoms with E-state index in [0.29, 0.717) is 17.3 Å². The average Bonchev–Trinajstić information content (AvgIpc) is 3.37. The van der Waals surface area contributed by atoms with Crippen molar-refractivity contribution in [2.45, 2.75) is 26.2 Å². The molecule has 4 aromatic rings. The zero-order chi connectivity index (χ0) is 30.4. The van der Waals surface area contributed by atoms with Crippen LogP contribution in [-0.2, 0) is 14.9 Å². The summed E-state index contributed by atoms with van der Waals surface area (Å²) in [6.45, 7) is 5.99. The number of aromatic nitrogens is 3. The molecule has 3 amide bonds. The van der Waals surface area contributed by atoms with E-state index in [-0.39, 0.29) is 45.2 Å². The smallest absolute Gasteiger partial charge is 0.324 e. The number of rotatable bonds is 9. The second kappa shape index (κ2) is 13.1. The van der Waals surface area contributed by atoms with Crippen molar-refractivity contribution in [3.05, 3.63) is 76.5 Å². The van der Waals surface area contributed by atoms with E-state index < -0.39 is 6.03 Å². The third-order valence-electron chi connectivity index (χ3n) is 5.83. The van der Waals surface area contributed by atoms with E-state index in [2.05, 4.69) is 20.9 Å². The average molecular weight is 614 g/mol. The molecule has 0 unspecified atom stereocenters. The number of halogens is 2. The zero-order valence-corrected chi connectivity index (χ0v) is 25.1. The summed E-state index contributed by atoms with van der Waals surface area (Å²) in [4.78, 5) is 28.9. The van der Waals surface area contributed by atoms with Crippen molar-refractivity contribution in [3.63, 3.8) is 0 Å². The third-order valence-corrected chi connectivity index (χ3v) is 6.70. The maximum atomic E-state index is 13.1. The molecule has 0 aliphatic carbocycles. The molecule has 2 heterocycles. The second-order valence-corrected chi connectivity index (χ2v) is 10.8. The predicted octanol–water partition coefficient (Wildman–Crippen LogP) is 6.90. The maximum Gasteiger partial charge on any atom is 0.324 e. The molecule has 13 heteroatoms. The normalized spacial score (nSPS) is 11.1. The molecule has 2 aromatic heterocycles. The Kier molecular flexibility index (Phi) is 9.56. The minimum atomic E-state index is -0.553. The number of nitrogens with one attached hydrogen (secondary N) is 3. The largest absolute Gasteiger partial charge is 0.497 e. The summed E-state index contributed by atoms with van der Waals surface area (Å²) in [7, 11) is 3.01. The van der Waals surface area contributed by atoms with Gasteiger partial charge in [-0.3, -0.25) is 10.1 Å². The van der Waals surface area contributed by atoms with E-state index in [1.54, 1.807) is 30.0 Å². The zero-order valence-electron chi connectivity index (χ0n) is 23.6. The monoisotopic (exact) mass is 612 g/mol. The van der Waals surface area contributed by atoms with Gasteiger partial charge >= 0.3 is 6.03 Å². The lowest BCUT2D eigenvalue weighted by molar-refractivity contribution is -0.119. The van der Waals surface area contributed by atoms with Crippen molar-refractivity contribution in [1.29, 1.82) is 0 Å². The predicted molar refractivity (Wildman–Crippen MR) is 163 cm³/mol. The SMILES string of the molecule is COCC(=O)Nc1cc(Oc2ccc(NC(=O)Nc3cc(C(C)(C)C)nn3-c3ccc(OC)cc3)c(Cl)c2Cl)ccn1. The number of nitrogens with zero attached hydrogens (tertiary/aromatic N) is 3. The molecule has 0 bridgehead atoms. The molecule has 4 rings (SSSR count). The van der Waals surface area contributed by atoms with Crippen molar-refractivity contribution in [3.8, 4) is 22.9 Å². The third kappa shape index (κ3) is 7.49. The molecule has 11 nitrogen and oxygen atoms in total. The Morgan fingerprint density at radius 2 is 1.64 bits per heavy atom. The number of carbonyl (C=O) groups is 2. The molecule has 0 radical (unpaired) electrons. The van der Waals surface area contributed by atoms with Crippen LogP contribution in [-0.4, -0.2) is 47.5 Å². The van der Waals surface area contributed by atoms with Crippen LogP contribution in [0.3, 0.4) is 0 Å². The summed E-state index contributed by atoms with van der Waals surface area (Å²) < 4.78 is 17.6. The quantitative estimate of drug-likeness (QED) is 0.187. The van der Waals surface area contributed by atoms with Crippen LogP contribution >= 0.6 is 23.2 Å². The van der Waals surface area contributed by atoms with E-state index in [9.17, 15) is 9.59 Å². The van der Waals surface area contributed by atoms with Gasteiger partial charge < -0.3 is 24.8 Å². The molecule has 0 aliphatic heterocycles. The Morgan fingerprint density at radius 1 is 0.905 bits per heavy atom. The summed E-state index contributed by atoms with van der Waals surface area (Å²) in [6.07, 6.45) is 1.47. The van der Waals surface area contributed by atoms with Gasteiger partial charge in [-0.1, -0.05) is 44.0 Å². The summed E-state index contributed by atoms with van der Waals surface area (Å²) in [5, 5.41) is 13.0. The topological polar surface area (TPSA) is 129 Å². The van der Waals surface area contributed by atoms with Crippen LogP contribution in [0.15, 0.2) is 60.8 Å². The standard InChI is InChI=1S/C29H30Cl2N6O5/c1-29(2,3)22-15-24(37(36-22)17-6-8-18(41-5)9-7-17)35-28(39)33-20-10-11-21(27(31)26(20)30)42-19-12-13-32-23(14-19)34-25(38)16-40-4/h6-15H,16H2,1-5H3,(H,32,34,38)(H2,33,35,39). The lowest BCUT2D eigenvalue weighted by atomic mass is 9.92. The minimum Gasteiger partial charge on any atom is -0.497 e. The fourth-order valence-corrected chi connectivity index (χ4v) is 4.12. The molecule has 220 valence electrons. The van der Waals surface area contributed by atoms with E-state index in [0.717, 1.165) is 11.4 Å². The van der Waals surface area contributed by atoms with Crippen LogP contribution in [0.25, 0.3) is 5.69 Å². The van der Waals surface area contributed by atoms with Crippen molar-refractivity contribution in [2.24, 2.45) is 0 Å². The molecular weight excluding hydrogens is 583 g/mol. The van der Waals surface area contributed by atoms with Gasteiger partial charge in [0.1, 0.15) is 40.5 Å². The second-order valence-electron chi connectivity index (χ2n) is 10.1. The highest BCUT2D eigenvalue weighted by Gasteiger charge is 2.22. The highest BCUT2D eigenvalue weighted by atomic mass is 35.5. The van der Waals surface area contributed by atoms with Gasteiger partial charge in [0, 0.05) is 30.9 Å². The summed E-state index contributed by atoms with van der Waals surface area (Å²) in [6, 6.07) is 14.8. The molecule has 0 saturated heterocycles. The first-order valence-corrected chi connectivity index (χ1v) is 13.5. The molecule has 0 fully saturated rings. The van der Waals surface area contributed by atoms with Gasteiger partial charge in [0.15, 0.2) is 0 Å². The van der Waals surface area contributed by atoms with Gasteiger partial charge in [0.05, 0.1) is 29.2 Å². The number of amides is 3. The highest BCUT2D eigenvalue weighted by Crippen LogP contribution is 2.40. The number of benzene rings is 2. The number of hydrogen-bond acceptors (Lipinski definition) is 7. The lowest BCUT2D eigenvalue weighted by Crippen LogP contribution is -2.21. The Labute approximate surface area is 253 Å². The van der Waals surface area contributed by atoms with Crippen molar-refractivity contribution >= 4 is 52.5 Å². The Hall–Kier alpha value is -4.32. The molecule has 2 aromatic carbocycles. The highest BCUT2D eigenvalue weighted by molar-refractivity contribution is 6.45. The van der Waals surface area contributed by atoms with Crippen LogP contribution in [0.4, 0.5) is 22.1 Å². The Balaban J connectivity index is 1.50. The van der Waals surface area contributed by atoms with Crippen molar-refractivity contribution in [2.75, 3.05) is 36.8 Å². The van der Waals surface area contributed by atoms with E-state index in [1.807, 2.05) is 51.1 Å². The van der Waals surface area contributed by atoms with E-state index in [4.69, 9.17) is 42.5 Å². The van der Waals surface area contributed by atoms with E-state index in [1.165, 1.54) is 19.4 Å². The van der Waals surface area contributed by atoms with Gasteiger partial charge in [-0.2, -0.15) is 5.10 Å². The number of anilines is 3. The Morgan fingerprint density at radius 3 is 2.31 bits per heavy atom.